The van der Waals surface area contributed by atoms with Gasteiger partial charge in [0.2, 0.25) is 0 Å². The predicted octanol–water partition coefficient (Wildman–Crippen LogP) is 1.97. The van der Waals surface area contributed by atoms with Crippen molar-refractivity contribution in [3.8, 4) is 0 Å². The third-order valence-electron chi connectivity index (χ3n) is 2.78. The second-order valence-electron chi connectivity index (χ2n) is 4.30. The molecule has 0 aliphatic carbocycles. The first-order valence-corrected chi connectivity index (χ1v) is 6.02. The van der Waals surface area contributed by atoms with Gasteiger partial charge < -0.3 is 20.7 Å². The molecule has 5 nitrogen and oxygen atoms in total. The minimum Gasteiger partial charge on any atom is -0.465 e. The molecule has 0 unspecified atom stereocenters. The summed E-state index contributed by atoms with van der Waals surface area (Å²) in [5.74, 6) is 1.95. The molecule has 0 bridgehead atoms. The van der Waals surface area contributed by atoms with Gasteiger partial charge in [-0.05, 0) is 24.6 Å². The number of hydrogen-bond acceptors (Lipinski definition) is 4. The smallest absolute Gasteiger partial charge is 0.170 e. The van der Waals surface area contributed by atoms with Crippen LogP contribution in [0.4, 0.5) is 0 Å². The molecular formula is C14H17N3O2. The quantitative estimate of drug-likeness (QED) is 0.332. The van der Waals surface area contributed by atoms with Crippen LogP contribution in [0.25, 0.3) is 0 Å². The number of amidine groups is 1. The van der Waals surface area contributed by atoms with Crippen LogP contribution in [0.15, 0.2) is 46.0 Å². The van der Waals surface area contributed by atoms with Crippen molar-refractivity contribution < 1.29 is 9.62 Å². The molecule has 100 valence electrons. The van der Waals surface area contributed by atoms with Crippen LogP contribution in [-0.4, -0.2) is 11.0 Å². The Labute approximate surface area is 111 Å². The summed E-state index contributed by atoms with van der Waals surface area (Å²) in [5, 5.41) is 14.8. The number of nitrogens with one attached hydrogen (secondary N) is 1. The van der Waals surface area contributed by atoms with Gasteiger partial charge in [-0.3, -0.25) is 0 Å². The van der Waals surface area contributed by atoms with Crippen molar-refractivity contribution in [1.29, 1.82) is 0 Å². The summed E-state index contributed by atoms with van der Waals surface area (Å²) in [7, 11) is 0. The molecule has 0 amide bonds. The molecule has 0 fully saturated rings. The first-order chi connectivity index (χ1) is 9.19. The highest BCUT2D eigenvalue weighted by atomic mass is 16.4. The summed E-state index contributed by atoms with van der Waals surface area (Å²) in [4.78, 5) is 0. The highest BCUT2D eigenvalue weighted by Crippen LogP contribution is 2.07. The van der Waals surface area contributed by atoms with Gasteiger partial charge in [-0.15, -0.1) is 0 Å². The lowest BCUT2D eigenvalue weighted by molar-refractivity contribution is 0.318. The van der Waals surface area contributed by atoms with E-state index in [2.05, 4.69) is 10.5 Å². The van der Waals surface area contributed by atoms with Gasteiger partial charge in [0.15, 0.2) is 5.84 Å². The van der Waals surface area contributed by atoms with E-state index in [4.69, 9.17) is 15.4 Å². The van der Waals surface area contributed by atoms with Gasteiger partial charge in [0, 0.05) is 12.1 Å². The molecule has 4 N–H and O–H groups in total. The number of nitrogens with zero attached hydrogens (tertiary/aromatic N) is 1. The fraction of sp³-hybridized carbons (Fsp3) is 0.214. The summed E-state index contributed by atoms with van der Waals surface area (Å²) >= 11 is 0. The van der Waals surface area contributed by atoms with Crippen LogP contribution in [0.2, 0.25) is 0 Å². The van der Waals surface area contributed by atoms with Crippen LogP contribution in [-0.2, 0) is 13.1 Å². The van der Waals surface area contributed by atoms with Gasteiger partial charge in [0.1, 0.15) is 11.5 Å². The number of rotatable bonds is 5. The molecule has 0 aliphatic heterocycles. The van der Waals surface area contributed by atoms with E-state index in [0.717, 1.165) is 23.6 Å². The SMILES string of the molecule is Cc1ccc(CNCc2ccc(C(N)=NO)cc2)o1. The van der Waals surface area contributed by atoms with Crippen LogP contribution in [0.3, 0.4) is 0 Å². The van der Waals surface area contributed by atoms with E-state index < -0.39 is 0 Å². The van der Waals surface area contributed by atoms with E-state index in [9.17, 15) is 0 Å². The Morgan fingerprint density at radius 3 is 2.53 bits per heavy atom. The van der Waals surface area contributed by atoms with E-state index in [-0.39, 0.29) is 5.84 Å². The number of benzene rings is 1. The van der Waals surface area contributed by atoms with Gasteiger partial charge in [-0.25, -0.2) is 0 Å². The first-order valence-electron chi connectivity index (χ1n) is 6.02. The van der Waals surface area contributed by atoms with Crippen molar-refractivity contribution >= 4 is 5.84 Å². The molecule has 2 rings (SSSR count). The molecule has 0 atom stereocenters. The Morgan fingerprint density at radius 1 is 1.21 bits per heavy atom. The van der Waals surface area contributed by atoms with Crippen LogP contribution >= 0.6 is 0 Å². The lowest BCUT2D eigenvalue weighted by atomic mass is 10.1. The standard InChI is InChI=1S/C14H17N3O2/c1-10-2-7-13(19-10)9-16-8-11-3-5-12(6-4-11)14(15)17-18/h2-7,16,18H,8-9H2,1H3,(H2,15,17). The van der Waals surface area contributed by atoms with E-state index in [1.807, 2.05) is 43.3 Å². The molecule has 2 aromatic rings. The second-order valence-corrected chi connectivity index (χ2v) is 4.30. The monoisotopic (exact) mass is 259 g/mol. The zero-order valence-corrected chi connectivity index (χ0v) is 10.8. The maximum Gasteiger partial charge on any atom is 0.170 e. The third-order valence-corrected chi connectivity index (χ3v) is 2.78. The minimum absolute atomic E-state index is 0.116. The molecule has 0 spiro atoms. The largest absolute Gasteiger partial charge is 0.465 e. The van der Waals surface area contributed by atoms with Gasteiger partial charge >= 0.3 is 0 Å². The highest BCUT2D eigenvalue weighted by molar-refractivity contribution is 5.96. The van der Waals surface area contributed by atoms with Crippen molar-refractivity contribution in [2.75, 3.05) is 0 Å². The zero-order valence-electron chi connectivity index (χ0n) is 10.8. The highest BCUT2D eigenvalue weighted by Gasteiger charge is 2.00. The third kappa shape index (κ3) is 3.59. The Hall–Kier alpha value is -2.27. The van der Waals surface area contributed by atoms with Gasteiger partial charge in [-0.1, -0.05) is 29.4 Å². The Bertz CT molecular complexity index is 558. The number of oxime groups is 1. The van der Waals surface area contributed by atoms with Gasteiger partial charge in [0.05, 0.1) is 6.54 Å². The number of aryl methyl sites for hydroxylation is 1. The maximum atomic E-state index is 8.57. The minimum atomic E-state index is 0.116. The first kappa shape index (κ1) is 13.2. The van der Waals surface area contributed by atoms with E-state index in [0.29, 0.717) is 12.1 Å². The fourth-order valence-electron chi connectivity index (χ4n) is 1.76. The second kappa shape index (κ2) is 6.06. The van der Waals surface area contributed by atoms with Crippen molar-refractivity contribution in [3.63, 3.8) is 0 Å². The molecule has 1 aromatic heterocycles. The molecule has 0 radical (unpaired) electrons. The average Bonchev–Trinajstić information content (AvgIpc) is 2.84. The van der Waals surface area contributed by atoms with Crippen molar-refractivity contribution in [3.05, 3.63) is 59.0 Å². The van der Waals surface area contributed by atoms with Gasteiger partial charge in [-0.2, -0.15) is 0 Å². The van der Waals surface area contributed by atoms with Crippen molar-refractivity contribution in [2.45, 2.75) is 20.0 Å². The number of hydrogen-bond donors (Lipinski definition) is 3. The molecule has 1 heterocycles. The van der Waals surface area contributed by atoms with Gasteiger partial charge in [0.25, 0.3) is 0 Å². The lowest BCUT2D eigenvalue weighted by Gasteiger charge is -2.04. The Kier molecular flexibility index (Phi) is 4.20. The lowest BCUT2D eigenvalue weighted by Crippen LogP contribution is -2.14. The van der Waals surface area contributed by atoms with Crippen molar-refractivity contribution in [1.82, 2.24) is 5.32 Å². The predicted molar refractivity (Wildman–Crippen MR) is 72.9 cm³/mol. The summed E-state index contributed by atoms with van der Waals surface area (Å²) in [6.07, 6.45) is 0. The summed E-state index contributed by atoms with van der Waals surface area (Å²) in [6, 6.07) is 11.4. The topological polar surface area (TPSA) is 83.8 Å². The normalized spacial score (nSPS) is 11.7. The summed E-state index contributed by atoms with van der Waals surface area (Å²) in [6.45, 7) is 3.35. The van der Waals surface area contributed by atoms with E-state index >= 15 is 0 Å². The number of nitrogens with two attached hydrogens (primary N) is 1. The van der Waals surface area contributed by atoms with Crippen LogP contribution in [0.1, 0.15) is 22.6 Å². The molecular weight excluding hydrogens is 242 g/mol. The van der Waals surface area contributed by atoms with Crippen LogP contribution in [0.5, 0.6) is 0 Å². The molecule has 0 saturated carbocycles. The van der Waals surface area contributed by atoms with E-state index in [1.54, 1.807) is 0 Å². The molecule has 1 aromatic carbocycles. The maximum absolute atomic E-state index is 8.57. The number of furan rings is 1. The Morgan fingerprint density at radius 2 is 1.95 bits per heavy atom. The molecule has 19 heavy (non-hydrogen) atoms. The van der Waals surface area contributed by atoms with Crippen LogP contribution < -0.4 is 11.1 Å². The van der Waals surface area contributed by atoms with Crippen molar-refractivity contribution in [2.24, 2.45) is 10.9 Å². The summed E-state index contributed by atoms with van der Waals surface area (Å²) in [5.41, 5.74) is 7.32. The average molecular weight is 259 g/mol. The summed E-state index contributed by atoms with van der Waals surface area (Å²) < 4.78 is 5.46. The Balaban J connectivity index is 1.86. The van der Waals surface area contributed by atoms with E-state index in [1.165, 1.54) is 0 Å². The fourth-order valence-corrected chi connectivity index (χ4v) is 1.76. The zero-order chi connectivity index (χ0) is 13.7. The molecule has 0 aliphatic rings. The molecule has 5 heteroatoms. The molecule has 0 saturated heterocycles. The van der Waals surface area contributed by atoms with Crippen LogP contribution in [0, 0.1) is 6.92 Å².